The Morgan fingerprint density at radius 2 is 1.83 bits per heavy atom. The third-order valence-electron chi connectivity index (χ3n) is 3.76. The highest BCUT2D eigenvalue weighted by atomic mass is 19.4. The maximum Gasteiger partial charge on any atom is 0.450 e. The molecule has 3 nitrogen and oxygen atoms in total. The quantitative estimate of drug-likeness (QED) is 0.779. The van der Waals surface area contributed by atoms with E-state index in [1.807, 2.05) is 0 Å². The first-order valence-electron chi connectivity index (χ1n) is 7.25. The van der Waals surface area contributed by atoms with Gasteiger partial charge in [0, 0.05) is 12.0 Å². The van der Waals surface area contributed by atoms with Gasteiger partial charge in [-0.15, -0.1) is 0 Å². The van der Waals surface area contributed by atoms with Gasteiger partial charge in [0.2, 0.25) is 5.78 Å². The van der Waals surface area contributed by atoms with E-state index in [0.29, 0.717) is 19.6 Å². The molecular formula is C16H18F4O3. The van der Waals surface area contributed by atoms with Crippen LogP contribution in [0, 0.1) is 5.82 Å². The second-order valence-electron chi connectivity index (χ2n) is 6.11. The number of hydrogen-bond donors (Lipinski definition) is 0. The van der Waals surface area contributed by atoms with Gasteiger partial charge in [0.15, 0.2) is 6.29 Å². The fourth-order valence-corrected chi connectivity index (χ4v) is 2.62. The summed E-state index contributed by atoms with van der Waals surface area (Å²) in [7, 11) is 0. The summed E-state index contributed by atoms with van der Waals surface area (Å²) in [5, 5.41) is 0. The maximum absolute atomic E-state index is 14.3. The second kappa shape index (κ2) is 6.57. The molecule has 1 fully saturated rings. The Balaban J connectivity index is 2.37. The van der Waals surface area contributed by atoms with Gasteiger partial charge in [-0.2, -0.15) is 13.2 Å². The fourth-order valence-electron chi connectivity index (χ4n) is 2.62. The summed E-state index contributed by atoms with van der Waals surface area (Å²) in [5.74, 6) is -2.47. The second-order valence-corrected chi connectivity index (χ2v) is 6.11. The molecule has 0 N–H and O–H groups in total. The number of ether oxygens (including phenoxy) is 2. The highest BCUT2D eigenvalue weighted by molar-refractivity contribution is 5.85. The normalized spacial score (nSPS) is 17.3. The lowest BCUT2D eigenvalue weighted by Crippen LogP contribution is -2.32. The molecule has 1 aliphatic rings. The van der Waals surface area contributed by atoms with Crippen molar-refractivity contribution in [2.45, 2.75) is 44.6 Å². The number of benzene rings is 1. The Labute approximate surface area is 131 Å². The van der Waals surface area contributed by atoms with Crippen LogP contribution in [-0.2, 0) is 19.7 Å². The van der Waals surface area contributed by atoms with Crippen molar-refractivity contribution in [2.75, 3.05) is 13.2 Å². The molecule has 1 saturated heterocycles. The summed E-state index contributed by atoms with van der Waals surface area (Å²) in [6.45, 7) is 3.69. The van der Waals surface area contributed by atoms with Crippen LogP contribution in [0.4, 0.5) is 17.6 Å². The molecule has 0 spiro atoms. The average molecular weight is 334 g/mol. The van der Waals surface area contributed by atoms with Crippen LogP contribution < -0.4 is 0 Å². The lowest BCUT2D eigenvalue weighted by Gasteiger charge is -2.32. The van der Waals surface area contributed by atoms with Crippen LogP contribution in [0.15, 0.2) is 18.2 Å². The largest absolute Gasteiger partial charge is 0.450 e. The minimum Gasteiger partial charge on any atom is -0.348 e. The van der Waals surface area contributed by atoms with Crippen molar-refractivity contribution in [3.05, 3.63) is 35.1 Å². The monoisotopic (exact) mass is 334 g/mol. The number of Topliss-reactive ketones (excluding diaryl/α,β-unsaturated/α-hetero) is 1. The Bertz CT molecular complexity index is 575. The minimum absolute atomic E-state index is 0.0622. The van der Waals surface area contributed by atoms with E-state index in [1.165, 1.54) is 32.0 Å². The van der Waals surface area contributed by atoms with E-state index in [4.69, 9.17) is 9.47 Å². The zero-order chi connectivity index (χ0) is 17.3. The summed E-state index contributed by atoms with van der Waals surface area (Å²) >= 11 is 0. The SMILES string of the molecule is CC(C)(CC(=O)C(F)(F)F)c1cccc(F)c1C1OCCCO1. The van der Waals surface area contributed by atoms with Crippen LogP contribution in [0.25, 0.3) is 0 Å². The molecule has 7 heteroatoms. The van der Waals surface area contributed by atoms with E-state index in [0.717, 1.165) is 0 Å². The Morgan fingerprint density at radius 3 is 2.39 bits per heavy atom. The molecule has 23 heavy (non-hydrogen) atoms. The Morgan fingerprint density at radius 1 is 1.22 bits per heavy atom. The summed E-state index contributed by atoms with van der Waals surface area (Å²) in [5.41, 5.74) is -0.872. The number of hydrogen-bond acceptors (Lipinski definition) is 3. The number of alkyl halides is 3. The molecule has 0 atom stereocenters. The van der Waals surface area contributed by atoms with Crippen LogP contribution in [0.2, 0.25) is 0 Å². The summed E-state index contributed by atoms with van der Waals surface area (Å²) < 4.78 is 62.7. The molecule has 0 saturated carbocycles. The molecule has 1 heterocycles. The number of ketones is 1. The van der Waals surface area contributed by atoms with Gasteiger partial charge in [-0.25, -0.2) is 4.39 Å². The topological polar surface area (TPSA) is 35.5 Å². The molecule has 0 aliphatic carbocycles. The van der Waals surface area contributed by atoms with Crippen LogP contribution in [-0.4, -0.2) is 25.2 Å². The van der Waals surface area contributed by atoms with E-state index in [2.05, 4.69) is 0 Å². The zero-order valence-electron chi connectivity index (χ0n) is 12.9. The standard InChI is InChI=1S/C16H18F4O3/c1-15(2,9-12(21)16(18,19)20)10-5-3-6-11(17)13(10)14-22-7-4-8-23-14/h3,5-6,14H,4,7-9H2,1-2H3. The molecule has 0 aromatic heterocycles. The van der Waals surface area contributed by atoms with Crippen LogP contribution in [0.5, 0.6) is 0 Å². The first-order chi connectivity index (χ1) is 10.6. The third-order valence-corrected chi connectivity index (χ3v) is 3.76. The number of carbonyl (C=O) groups excluding carboxylic acids is 1. The van der Waals surface area contributed by atoms with E-state index < -0.39 is 35.9 Å². The van der Waals surface area contributed by atoms with Crippen LogP contribution in [0.3, 0.4) is 0 Å². The third kappa shape index (κ3) is 4.09. The van der Waals surface area contributed by atoms with E-state index in [9.17, 15) is 22.4 Å². The van der Waals surface area contributed by atoms with Crippen molar-refractivity contribution in [2.24, 2.45) is 0 Å². The minimum atomic E-state index is -4.91. The van der Waals surface area contributed by atoms with Crippen molar-refractivity contribution in [3.8, 4) is 0 Å². The predicted octanol–water partition coefficient (Wildman–Crippen LogP) is 4.06. The molecule has 0 amide bonds. The average Bonchev–Trinajstić information content (AvgIpc) is 2.46. The lowest BCUT2D eigenvalue weighted by molar-refractivity contribution is -0.185. The van der Waals surface area contributed by atoms with Gasteiger partial charge in [-0.05, 0) is 23.5 Å². The van der Waals surface area contributed by atoms with Gasteiger partial charge in [-0.1, -0.05) is 26.0 Å². The fraction of sp³-hybridized carbons (Fsp3) is 0.562. The molecule has 0 radical (unpaired) electrons. The van der Waals surface area contributed by atoms with Crippen molar-refractivity contribution in [1.82, 2.24) is 0 Å². The van der Waals surface area contributed by atoms with Crippen molar-refractivity contribution >= 4 is 5.78 Å². The van der Waals surface area contributed by atoms with Crippen LogP contribution in [0.1, 0.15) is 44.1 Å². The van der Waals surface area contributed by atoms with Gasteiger partial charge >= 0.3 is 6.18 Å². The lowest BCUT2D eigenvalue weighted by atomic mass is 9.77. The Hall–Kier alpha value is -1.47. The van der Waals surface area contributed by atoms with Gasteiger partial charge in [0.25, 0.3) is 0 Å². The first-order valence-corrected chi connectivity index (χ1v) is 7.25. The van der Waals surface area contributed by atoms with E-state index in [1.54, 1.807) is 0 Å². The smallest absolute Gasteiger partial charge is 0.348 e. The highest BCUT2D eigenvalue weighted by Crippen LogP contribution is 2.38. The van der Waals surface area contributed by atoms with Gasteiger partial charge in [0.05, 0.1) is 13.2 Å². The Kier molecular flexibility index (Phi) is 5.10. The molecule has 0 bridgehead atoms. The summed E-state index contributed by atoms with van der Waals surface area (Å²) in [6.07, 6.45) is -6.00. The molecule has 128 valence electrons. The van der Waals surface area contributed by atoms with Crippen LogP contribution >= 0.6 is 0 Å². The van der Waals surface area contributed by atoms with Gasteiger partial charge in [-0.3, -0.25) is 4.79 Å². The van der Waals surface area contributed by atoms with Crippen molar-refractivity contribution in [1.29, 1.82) is 0 Å². The summed E-state index contributed by atoms with van der Waals surface area (Å²) in [4.78, 5) is 11.3. The molecule has 1 aliphatic heterocycles. The van der Waals surface area contributed by atoms with E-state index in [-0.39, 0.29) is 11.1 Å². The van der Waals surface area contributed by atoms with E-state index >= 15 is 0 Å². The first kappa shape index (κ1) is 17.9. The molecule has 1 aromatic carbocycles. The molecule has 0 unspecified atom stereocenters. The predicted molar refractivity (Wildman–Crippen MR) is 74.4 cm³/mol. The number of halogens is 4. The van der Waals surface area contributed by atoms with Crippen molar-refractivity contribution in [3.63, 3.8) is 0 Å². The van der Waals surface area contributed by atoms with Gasteiger partial charge in [0.1, 0.15) is 5.82 Å². The number of carbonyl (C=O) groups is 1. The number of rotatable bonds is 4. The maximum atomic E-state index is 14.3. The zero-order valence-corrected chi connectivity index (χ0v) is 12.9. The molecule has 1 aromatic rings. The highest BCUT2D eigenvalue weighted by Gasteiger charge is 2.42. The molecular weight excluding hydrogens is 316 g/mol. The molecule has 2 rings (SSSR count). The van der Waals surface area contributed by atoms with Gasteiger partial charge < -0.3 is 9.47 Å². The van der Waals surface area contributed by atoms with Crippen molar-refractivity contribution < 1.29 is 31.8 Å². The summed E-state index contributed by atoms with van der Waals surface area (Å²) in [6, 6.07) is 4.10.